The minimum atomic E-state index is 0.0982. The second-order valence-electron chi connectivity index (χ2n) is 4.87. The first-order valence-corrected chi connectivity index (χ1v) is 8.10. The number of hydrogen-bond acceptors (Lipinski definition) is 1. The fourth-order valence-corrected chi connectivity index (χ4v) is 2.89. The highest BCUT2D eigenvalue weighted by atomic mass is 79.9. The number of carbonyl (C=O) groups is 1. The van der Waals surface area contributed by atoms with Crippen LogP contribution in [0.2, 0.25) is 5.02 Å². The molecule has 0 N–H and O–H groups in total. The molecule has 3 rings (SSSR count). The van der Waals surface area contributed by atoms with Crippen molar-refractivity contribution < 1.29 is 4.79 Å². The van der Waals surface area contributed by atoms with E-state index in [-0.39, 0.29) is 5.78 Å². The van der Waals surface area contributed by atoms with Gasteiger partial charge in [-0.15, -0.1) is 0 Å². The minimum Gasteiger partial charge on any atom is -0.342 e. The van der Waals surface area contributed by atoms with Crippen LogP contribution >= 0.6 is 27.5 Å². The number of hydrogen-bond donors (Lipinski definition) is 0. The predicted molar refractivity (Wildman–Crippen MR) is 90.6 cm³/mol. The summed E-state index contributed by atoms with van der Waals surface area (Å²) in [5, 5.41) is 2.06. The molecular weight excluding hydrogens is 350 g/mol. The van der Waals surface area contributed by atoms with Crippen molar-refractivity contribution in [3.05, 3.63) is 70.9 Å². The average Bonchev–Trinajstić information content (AvgIpc) is 2.88. The lowest BCUT2D eigenvalue weighted by atomic mass is 10.1. The van der Waals surface area contributed by atoms with Crippen molar-refractivity contribution in [3.8, 4) is 0 Å². The number of ketones is 1. The van der Waals surface area contributed by atoms with Crippen LogP contribution in [0.15, 0.2) is 54.7 Å². The van der Waals surface area contributed by atoms with Gasteiger partial charge in [0.1, 0.15) is 0 Å². The van der Waals surface area contributed by atoms with E-state index in [9.17, 15) is 4.79 Å². The van der Waals surface area contributed by atoms with Crippen LogP contribution in [-0.2, 0) is 6.54 Å². The fourth-order valence-electron chi connectivity index (χ4n) is 2.46. The lowest BCUT2D eigenvalue weighted by molar-refractivity contribution is 0.102. The molecule has 0 amide bonds. The van der Waals surface area contributed by atoms with Gasteiger partial charge in [0, 0.05) is 34.2 Å². The minimum absolute atomic E-state index is 0.0982. The van der Waals surface area contributed by atoms with Crippen LogP contribution in [-0.4, -0.2) is 15.7 Å². The zero-order valence-corrected chi connectivity index (χ0v) is 13.6. The summed E-state index contributed by atoms with van der Waals surface area (Å²) in [6.45, 7) is 0.716. The van der Waals surface area contributed by atoms with Gasteiger partial charge in [-0.1, -0.05) is 57.9 Å². The quantitative estimate of drug-likeness (QED) is 0.477. The van der Waals surface area contributed by atoms with Crippen LogP contribution in [0.25, 0.3) is 10.9 Å². The molecule has 21 heavy (non-hydrogen) atoms. The van der Waals surface area contributed by atoms with E-state index in [1.54, 1.807) is 0 Å². The van der Waals surface area contributed by atoms with E-state index in [4.69, 9.17) is 11.6 Å². The molecule has 0 saturated heterocycles. The Morgan fingerprint density at radius 1 is 1.10 bits per heavy atom. The number of Topliss-reactive ketones (excluding diaryl/α,β-unsaturated/α-hetero) is 1. The number of rotatable bonds is 4. The van der Waals surface area contributed by atoms with Gasteiger partial charge in [-0.25, -0.2) is 0 Å². The Morgan fingerprint density at radius 3 is 2.52 bits per heavy atom. The van der Waals surface area contributed by atoms with Crippen LogP contribution in [0.5, 0.6) is 0 Å². The van der Waals surface area contributed by atoms with Gasteiger partial charge in [-0.2, -0.15) is 0 Å². The van der Waals surface area contributed by atoms with Crippen molar-refractivity contribution in [1.29, 1.82) is 0 Å². The van der Waals surface area contributed by atoms with Gasteiger partial charge in [0.2, 0.25) is 0 Å². The molecule has 0 unspecified atom stereocenters. The maximum Gasteiger partial charge on any atom is 0.175 e. The van der Waals surface area contributed by atoms with Gasteiger partial charge < -0.3 is 4.57 Å². The van der Waals surface area contributed by atoms with Gasteiger partial charge in [0.25, 0.3) is 0 Å². The van der Waals surface area contributed by atoms with Gasteiger partial charge in [0.05, 0.1) is 5.33 Å². The molecule has 0 aliphatic rings. The van der Waals surface area contributed by atoms with Gasteiger partial charge in [-0.05, 0) is 23.8 Å². The van der Waals surface area contributed by atoms with E-state index >= 15 is 0 Å². The molecule has 0 atom stereocenters. The Labute approximate surface area is 136 Å². The number of halogens is 2. The van der Waals surface area contributed by atoms with Crippen LogP contribution in [0, 0.1) is 0 Å². The van der Waals surface area contributed by atoms with E-state index < -0.39 is 0 Å². The summed E-state index contributed by atoms with van der Waals surface area (Å²) in [7, 11) is 0. The third kappa shape index (κ3) is 2.89. The third-order valence-corrected chi connectivity index (χ3v) is 4.24. The lowest BCUT2D eigenvalue weighted by Gasteiger charge is -2.05. The Bertz CT molecular complexity index is 792. The second kappa shape index (κ2) is 6.04. The molecule has 3 aromatic rings. The number of alkyl halides is 1. The number of benzene rings is 2. The molecule has 4 heteroatoms. The summed E-state index contributed by atoms with van der Waals surface area (Å²) in [5.41, 5.74) is 2.98. The topological polar surface area (TPSA) is 22.0 Å². The summed E-state index contributed by atoms with van der Waals surface area (Å²) in [6.07, 6.45) is 1.93. The van der Waals surface area contributed by atoms with Crippen molar-refractivity contribution in [2.75, 3.05) is 5.33 Å². The summed E-state index contributed by atoms with van der Waals surface area (Å²) in [4.78, 5) is 12.1. The Morgan fingerprint density at radius 2 is 1.81 bits per heavy atom. The van der Waals surface area contributed by atoms with Crippen LogP contribution in [0.3, 0.4) is 0 Å². The molecule has 0 radical (unpaired) electrons. The van der Waals surface area contributed by atoms with Gasteiger partial charge >= 0.3 is 0 Å². The van der Waals surface area contributed by atoms with Crippen molar-refractivity contribution in [2.45, 2.75) is 6.54 Å². The molecule has 0 fully saturated rings. The Balaban J connectivity index is 2.06. The smallest absolute Gasteiger partial charge is 0.175 e. The summed E-state index contributed by atoms with van der Waals surface area (Å²) in [5.74, 6) is 0.0982. The molecule has 0 aliphatic carbocycles. The molecule has 0 saturated carbocycles. The first-order valence-electron chi connectivity index (χ1n) is 6.60. The van der Waals surface area contributed by atoms with E-state index in [2.05, 4.69) is 20.5 Å². The van der Waals surface area contributed by atoms with E-state index in [0.717, 1.165) is 27.1 Å². The number of carbonyl (C=O) groups excluding carboxylic acids is 1. The predicted octanol–water partition coefficient (Wildman–Crippen LogP) is 4.92. The molecule has 1 heterocycles. The van der Waals surface area contributed by atoms with Crippen LogP contribution in [0.1, 0.15) is 15.9 Å². The first-order chi connectivity index (χ1) is 10.2. The molecule has 1 aromatic heterocycles. The van der Waals surface area contributed by atoms with Crippen LogP contribution in [0.4, 0.5) is 0 Å². The zero-order valence-electron chi connectivity index (χ0n) is 11.2. The standard InChI is InChI=1S/C17H13BrClNO/c18-9-17(21)15-11-20(16-4-2-1-3-14(15)16)10-12-5-7-13(19)8-6-12/h1-8,11H,9-10H2. The highest BCUT2D eigenvalue weighted by Crippen LogP contribution is 2.23. The van der Waals surface area contributed by atoms with Crippen molar-refractivity contribution in [3.63, 3.8) is 0 Å². The van der Waals surface area contributed by atoms with E-state index in [0.29, 0.717) is 11.9 Å². The molecule has 2 nitrogen and oxygen atoms in total. The molecular formula is C17H13BrClNO. The fraction of sp³-hybridized carbons (Fsp3) is 0.118. The summed E-state index contributed by atoms with van der Waals surface area (Å²) < 4.78 is 2.11. The number of nitrogens with zero attached hydrogens (tertiary/aromatic N) is 1. The van der Waals surface area contributed by atoms with Crippen LogP contribution < -0.4 is 0 Å². The van der Waals surface area contributed by atoms with Crippen molar-refractivity contribution in [2.24, 2.45) is 0 Å². The second-order valence-corrected chi connectivity index (χ2v) is 5.87. The SMILES string of the molecule is O=C(CBr)c1cn(Cc2ccc(Cl)cc2)c2ccccc12. The summed E-state index contributed by atoms with van der Waals surface area (Å²) in [6, 6.07) is 15.7. The first kappa shape index (κ1) is 14.4. The third-order valence-electron chi connectivity index (χ3n) is 3.48. The maximum atomic E-state index is 12.1. The van der Waals surface area contributed by atoms with Gasteiger partial charge in [0.15, 0.2) is 5.78 Å². The monoisotopic (exact) mass is 361 g/mol. The highest BCUT2D eigenvalue weighted by molar-refractivity contribution is 9.09. The molecule has 2 aromatic carbocycles. The lowest BCUT2D eigenvalue weighted by Crippen LogP contribution is -2.00. The Kier molecular flexibility index (Phi) is 4.13. The normalized spacial score (nSPS) is 11.0. The largest absolute Gasteiger partial charge is 0.342 e. The van der Waals surface area contributed by atoms with E-state index in [1.807, 2.05) is 54.7 Å². The highest BCUT2D eigenvalue weighted by Gasteiger charge is 2.13. The van der Waals surface area contributed by atoms with Gasteiger partial charge in [-0.3, -0.25) is 4.79 Å². The summed E-state index contributed by atoms with van der Waals surface area (Å²) >= 11 is 9.17. The Hall–Kier alpha value is -1.58. The number of aromatic nitrogens is 1. The maximum absolute atomic E-state index is 12.1. The average molecular weight is 363 g/mol. The zero-order chi connectivity index (χ0) is 14.8. The van der Waals surface area contributed by atoms with Crippen molar-refractivity contribution >= 4 is 44.2 Å². The van der Waals surface area contributed by atoms with Crippen molar-refractivity contribution in [1.82, 2.24) is 4.57 Å². The molecule has 0 aliphatic heterocycles. The molecule has 0 bridgehead atoms. The number of para-hydroxylation sites is 1. The molecule has 106 valence electrons. The molecule has 0 spiro atoms. The van der Waals surface area contributed by atoms with E-state index in [1.165, 1.54) is 0 Å². The number of fused-ring (bicyclic) bond motifs is 1.